The molecular formula is C13H13BrFNOS. The van der Waals surface area contributed by atoms with Crippen LogP contribution in [0.15, 0.2) is 34.1 Å². The molecule has 0 amide bonds. The molecule has 0 saturated heterocycles. The maximum atomic E-state index is 13.3. The van der Waals surface area contributed by atoms with Crippen LogP contribution < -0.4 is 10.1 Å². The Morgan fingerprint density at radius 3 is 2.78 bits per heavy atom. The predicted molar refractivity (Wildman–Crippen MR) is 77.0 cm³/mol. The van der Waals surface area contributed by atoms with Crippen LogP contribution in [-0.4, -0.2) is 7.11 Å². The summed E-state index contributed by atoms with van der Waals surface area (Å²) in [5, 5.41) is 5.36. The first-order valence-electron chi connectivity index (χ1n) is 5.44. The molecule has 96 valence electrons. The van der Waals surface area contributed by atoms with Crippen molar-refractivity contribution in [1.82, 2.24) is 0 Å². The molecule has 0 bridgehead atoms. The number of ether oxygens (including phenoxy) is 1. The van der Waals surface area contributed by atoms with Gasteiger partial charge in [-0.05, 0) is 41.1 Å². The number of halogens is 2. The molecule has 1 aromatic carbocycles. The Kier molecular flexibility index (Phi) is 4.24. The third kappa shape index (κ3) is 3.03. The van der Waals surface area contributed by atoms with Crippen molar-refractivity contribution in [1.29, 1.82) is 0 Å². The van der Waals surface area contributed by atoms with Crippen molar-refractivity contribution in [2.24, 2.45) is 0 Å². The van der Waals surface area contributed by atoms with Crippen LogP contribution in [0.3, 0.4) is 0 Å². The summed E-state index contributed by atoms with van der Waals surface area (Å²) in [7, 11) is 1.46. The molecule has 0 aliphatic heterocycles. The molecule has 1 N–H and O–H groups in total. The van der Waals surface area contributed by atoms with Gasteiger partial charge in [0.1, 0.15) is 0 Å². The minimum Gasteiger partial charge on any atom is -0.494 e. The van der Waals surface area contributed by atoms with Crippen molar-refractivity contribution in [3.05, 3.63) is 44.8 Å². The normalized spacial score (nSPS) is 12.2. The largest absolute Gasteiger partial charge is 0.494 e. The lowest BCUT2D eigenvalue weighted by Crippen LogP contribution is -2.05. The fraction of sp³-hybridized carbons (Fsp3) is 0.231. The van der Waals surface area contributed by atoms with E-state index in [0.717, 1.165) is 10.2 Å². The molecule has 0 fully saturated rings. The molecule has 0 spiro atoms. The fourth-order valence-electron chi connectivity index (χ4n) is 1.63. The second kappa shape index (κ2) is 5.71. The SMILES string of the molecule is COc1cc(NC(C)c2cc(Br)cs2)ccc1F. The molecule has 0 aliphatic rings. The smallest absolute Gasteiger partial charge is 0.165 e. The summed E-state index contributed by atoms with van der Waals surface area (Å²) < 4.78 is 19.3. The average Bonchev–Trinajstić information content (AvgIpc) is 2.78. The maximum absolute atomic E-state index is 13.3. The van der Waals surface area contributed by atoms with Crippen LogP contribution in [0.1, 0.15) is 17.8 Å². The van der Waals surface area contributed by atoms with Gasteiger partial charge in [0, 0.05) is 26.5 Å². The molecule has 1 heterocycles. The van der Waals surface area contributed by atoms with E-state index < -0.39 is 0 Å². The second-order valence-electron chi connectivity index (χ2n) is 3.88. The number of thiophene rings is 1. The van der Waals surface area contributed by atoms with Gasteiger partial charge in [0.2, 0.25) is 0 Å². The van der Waals surface area contributed by atoms with E-state index in [1.54, 1.807) is 23.5 Å². The first kappa shape index (κ1) is 13.4. The van der Waals surface area contributed by atoms with E-state index in [0.29, 0.717) is 0 Å². The molecule has 2 nitrogen and oxygen atoms in total. The lowest BCUT2D eigenvalue weighted by atomic mass is 10.2. The van der Waals surface area contributed by atoms with Gasteiger partial charge in [-0.3, -0.25) is 0 Å². The molecule has 1 unspecified atom stereocenters. The van der Waals surface area contributed by atoms with Gasteiger partial charge in [-0.15, -0.1) is 11.3 Å². The number of anilines is 1. The molecule has 0 radical (unpaired) electrons. The summed E-state index contributed by atoms with van der Waals surface area (Å²) in [6.07, 6.45) is 0. The molecule has 5 heteroatoms. The summed E-state index contributed by atoms with van der Waals surface area (Å²) in [6, 6.07) is 7.00. The lowest BCUT2D eigenvalue weighted by Gasteiger charge is -2.14. The van der Waals surface area contributed by atoms with E-state index in [1.165, 1.54) is 18.1 Å². The molecule has 0 saturated carbocycles. The predicted octanol–water partition coefficient (Wildman–Crippen LogP) is 4.83. The van der Waals surface area contributed by atoms with E-state index in [-0.39, 0.29) is 17.6 Å². The van der Waals surface area contributed by atoms with Gasteiger partial charge in [-0.25, -0.2) is 4.39 Å². The van der Waals surface area contributed by atoms with Crippen LogP contribution in [0.4, 0.5) is 10.1 Å². The minimum absolute atomic E-state index is 0.163. The van der Waals surface area contributed by atoms with Crippen molar-refractivity contribution in [3.8, 4) is 5.75 Å². The highest BCUT2D eigenvalue weighted by Crippen LogP contribution is 2.29. The zero-order valence-electron chi connectivity index (χ0n) is 10.0. The van der Waals surface area contributed by atoms with Gasteiger partial charge in [0.15, 0.2) is 11.6 Å². The maximum Gasteiger partial charge on any atom is 0.165 e. The highest BCUT2D eigenvalue weighted by molar-refractivity contribution is 9.10. The van der Waals surface area contributed by atoms with Gasteiger partial charge in [0.05, 0.1) is 13.2 Å². The van der Waals surface area contributed by atoms with Gasteiger partial charge < -0.3 is 10.1 Å². The minimum atomic E-state index is -0.352. The van der Waals surface area contributed by atoms with Crippen LogP contribution >= 0.6 is 27.3 Å². The average molecular weight is 330 g/mol. The number of rotatable bonds is 4. The van der Waals surface area contributed by atoms with Crippen molar-refractivity contribution >= 4 is 33.0 Å². The highest BCUT2D eigenvalue weighted by Gasteiger charge is 2.09. The summed E-state index contributed by atoms with van der Waals surface area (Å²) >= 11 is 5.11. The van der Waals surface area contributed by atoms with Crippen molar-refractivity contribution in [2.75, 3.05) is 12.4 Å². The zero-order chi connectivity index (χ0) is 13.1. The highest BCUT2D eigenvalue weighted by atomic mass is 79.9. The van der Waals surface area contributed by atoms with Crippen LogP contribution in [0, 0.1) is 5.82 Å². The lowest BCUT2D eigenvalue weighted by molar-refractivity contribution is 0.387. The van der Waals surface area contributed by atoms with Crippen LogP contribution in [0.5, 0.6) is 5.75 Å². The van der Waals surface area contributed by atoms with Gasteiger partial charge in [-0.1, -0.05) is 0 Å². The van der Waals surface area contributed by atoms with E-state index in [4.69, 9.17) is 4.74 Å². The standard InChI is InChI=1S/C13H13BrFNOS/c1-8(13-5-9(14)7-18-13)16-10-3-4-11(15)12(6-10)17-2/h3-8,16H,1-2H3. The molecule has 2 rings (SSSR count). The summed E-state index contributed by atoms with van der Waals surface area (Å²) in [5.74, 6) is -0.103. The van der Waals surface area contributed by atoms with E-state index >= 15 is 0 Å². The third-order valence-electron chi connectivity index (χ3n) is 2.55. The first-order chi connectivity index (χ1) is 8.60. The van der Waals surface area contributed by atoms with E-state index in [9.17, 15) is 4.39 Å². The monoisotopic (exact) mass is 329 g/mol. The summed E-state index contributed by atoms with van der Waals surface area (Å²) in [4.78, 5) is 1.21. The van der Waals surface area contributed by atoms with Gasteiger partial charge >= 0.3 is 0 Å². The Hall–Kier alpha value is -1.07. The number of hydrogen-bond acceptors (Lipinski definition) is 3. The van der Waals surface area contributed by atoms with Gasteiger partial charge in [-0.2, -0.15) is 0 Å². The number of benzene rings is 1. The first-order valence-corrected chi connectivity index (χ1v) is 7.11. The Balaban J connectivity index is 2.14. The van der Waals surface area contributed by atoms with Crippen LogP contribution in [0.25, 0.3) is 0 Å². The van der Waals surface area contributed by atoms with Crippen molar-refractivity contribution in [2.45, 2.75) is 13.0 Å². The second-order valence-corrected chi connectivity index (χ2v) is 5.74. The van der Waals surface area contributed by atoms with Crippen LogP contribution in [-0.2, 0) is 0 Å². The Morgan fingerprint density at radius 1 is 1.39 bits per heavy atom. The quantitative estimate of drug-likeness (QED) is 0.867. The molecule has 0 aliphatic carbocycles. The van der Waals surface area contributed by atoms with Gasteiger partial charge in [0.25, 0.3) is 0 Å². The summed E-state index contributed by atoms with van der Waals surface area (Å²) in [5.41, 5.74) is 0.838. The zero-order valence-corrected chi connectivity index (χ0v) is 12.4. The topological polar surface area (TPSA) is 21.3 Å². The number of hydrogen-bond donors (Lipinski definition) is 1. The fourth-order valence-corrected chi connectivity index (χ4v) is 3.08. The van der Waals surface area contributed by atoms with E-state index in [2.05, 4.69) is 34.2 Å². The molecule has 18 heavy (non-hydrogen) atoms. The molecule has 1 atom stereocenters. The Labute approximate surface area is 118 Å². The Morgan fingerprint density at radius 2 is 2.17 bits per heavy atom. The number of methoxy groups -OCH3 is 1. The van der Waals surface area contributed by atoms with E-state index in [1.807, 2.05) is 5.38 Å². The third-order valence-corrected chi connectivity index (χ3v) is 4.43. The van der Waals surface area contributed by atoms with Crippen molar-refractivity contribution in [3.63, 3.8) is 0 Å². The molecule has 1 aromatic heterocycles. The molecule has 2 aromatic rings. The molecular weight excluding hydrogens is 317 g/mol. The Bertz CT molecular complexity index is 544. The van der Waals surface area contributed by atoms with Crippen molar-refractivity contribution < 1.29 is 9.13 Å². The van der Waals surface area contributed by atoms with Crippen LogP contribution in [0.2, 0.25) is 0 Å². The number of nitrogens with one attached hydrogen (secondary N) is 1. The summed E-state index contributed by atoms with van der Waals surface area (Å²) in [6.45, 7) is 2.06.